The molecule has 0 bridgehead atoms. The molecule has 0 amide bonds. The number of piperidine rings is 1. The summed E-state index contributed by atoms with van der Waals surface area (Å²) in [6.45, 7) is 0.683. The molecule has 31 heavy (non-hydrogen) atoms. The van der Waals surface area contributed by atoms with Crippen molar-refractivity contribution in [3.8, 4) is 5.75 Å². The maximum absolute atomic E-state index is 13.3. The number of benzene rings is 2. The van der Waals surface area contributed by atoms with Gasteiger partial charge in [0, 0.05) is 13.1 Å². The van der Waals surface area contributed by atoms with Gasteiger partial charge in [-0.1, -0.05) is 18.6 Å². The number of hydrogen-bond donors (Lipinski definition) is 1. The molecule has 0 aromatic heterocycles. The van der Waals surface area contributed by atoms with Gasteiger partial charge in [-0.25, -0.2) is 16.8 Å². The number of ether oxygens (including phenoxy) is 1. The summed E-state index contributed by atoms with van der Waals surface area (Å²) in [6.07, 6.45) is -2.56. The maximum Gasteiger partial charge on any atom is 0.417 e. The molecule has 1 N–H and O–H groups in total. The predicted octanol–water partition coefficient (Wildman–Crippen LogP) is 3.69. The van der Waals surface area contributed by atoms with Crippen molar-refractivity contribution in [2.24, 2.45) is 0 Å². The van der Waals surface area contributed by atoms with Gasteiger partial charge in [0.25, 0.3) is 10.0 Å². The van der Waals surface area contributed by atoms with E-state index < -0.39 is 36.7 Å². The third kappa shape index (κ3) is 4.96. The van der Waals surface area contributed by atoms with Gasteiger partial charge in [-0.05, 0) is 43.2 Å². The molecule has 0 atom stereocenters. The Morgan fingerprint density at radius 3 is 2.23 bits per heavy atom. The third-order valence-corrected chi connectivity index (χ3v) is 8.17. The average Bonchev–Trinajstić information content (AvgIpc) is 2.73. The summed E-state index contributed by atoms with van der Waals surface area (Å²) < 4.78 is 99.7. The number of halogens is 3. The van der Waals surface area contributed by atoms with Gasteiger partial charge in [0.15, 0.2) is 0 Å². The highest BCUT2D eigenvalue weighted by atomic mass is 32.2. The van der Waals surface area contributed by atoms with Crippen LogP contribution in [0.25, 0.3) is 0 Å². The largest absolute Gasteiger partial charge is 0.495 e. The molecule has 1 aliphatic heterocycles. The molecule has 1 aliphatic rings. The van der Waals surface area contributed by atoms with Gasteiger partial charge in [0.05, 0.1) is 28.2 Å². The first-order valence-corrected chi connectivity index (χ1v) is 12.3. The molecule has 2 aromatic rings. The normalized spacial score (nSPS) is 16.1. The topological polar surface area (TPSA) is 92.8 Å². The number of methoxy groups -OCH3 is 1. The Morgan fingerprint density at radius 1 is 0.968 bits per heavy atom. The fourth-order valence-electron chi connectivity index (χ4n) is 3.32. The van der Waals surface area contributed by atoms with Gasteiger partial charge in [-0.3, -0.25) is 4.72 Å². The van der Waals surface area contributed by atoms with Gasteiger partial charge in [-0.2, -0.15) is 17.5 Å². The minimum Gasteiger partial charge on any atom is -0.495 e. The quantitative estimate of drug-likeness (QED) is 0.684. The Balaban J connectivity index is 2.03. The summed E-state index contributed by atoms with van der Waals surface area (Å²) in [5, 5.41) is 0. The summed E-state index contributed by atoms with van der Waals surface area (Å²) in [6, 6.07) is 7.30. The van der Waals surface area contributed by atoms with Crippen LogP contribution >= 0.6 is 0 Å². The summed E-state index contributed by atoms with van der Waals surface area (Å²) in [7, 11) is -7.37. The van der Waals surface area contributed by atoms with Gasteiger partial charge in [0.1, 0.15) is 5.75 Å². The van der Waals surface area contributed by atoms with Gasteiger partial charge >= 0.3 is 6.18 Å². The second-order valence-electron chi connectivity index (χ2n) is 6.93. The summed E-state index contributed by atoms with van der Waals surface area (Å²) in [5.74, 6) is -0.0364. The van der Waals surface area contributed by atoms with Crippen LogP contribution in [0.4, 0.5) is 18.9 Å². The molecule has 0 unspecified atom stereocenters. The molecule has 3 rings (SSSR count). The van der Waals surface area contributed by atoms with Crippen molar-refractivity contribution in [2.75, 3.05) is 24.9 Å². The van der Waals surface area contributed by atoms with E-state index in [1.165, 1.54) is 23.5 Å². The highest BCUT2D eigenvalue weighted by Crippen LogP contribution is 2.36. The monoisotopic (exact) mass is 478 g/mol. The first-order valence-electron chi connectivity index (χ1n) is 9.34. The number of alkyl halides is 3. The third-order valence-electron chi connectivity index (χ3n) is 4.85. The molecule has 0 saturated carbocycles. The van der Waals surface area contributed by atoms with Gasteiger partial charge in [0.2, 0.25) is 10.0 Å². The van der Waals surface area contributed by atoms with Crippen LogP contribution in [-0.2, 0) is 26.2 Å². The summed E-state index contributed by atoms with van der Waals surface area (Å²) in [4.78, 5) is -1.16. The molecule has 1 fully saturated rings. The second-order valence-corrected chi connectivity index (χ2v) is 10.5. The molecular weight excluding hydrogens is 457 g/mol. The lowest BCUT2D eigenvalue weighted by Gasteiger charge is -2.26. The molecule has 170 valence electrons. The zero-order chi connectivity index (χ0) is 22.9. The number of rotatable bonds is 6. The Labute approximate surface area is 178 Å². The Hall–Kier alpha value is -2.31. The SMILES string of the molecule is COc1ccc(S(=O)(=O)N2CCCCC2)cc1NS(=O)(=O)c1ccccc1C(F)(F)F. The smallest absolute Gasteiger partial charge is 0.417 e. The Bertz CT molecular complexity index is 1160. The van der Waals surface area contributed by atoms with E-state index in [0.29, 0.717) is 32.0 Å². The molecule has 1 heterocycles. The molecule has 0 spiro atoms. The first kappa shape index (κ1) is 23.4. The van der Waals surface area contributed by atoms with E-state index in [4.69, 9.17) is 4.74 Å². The van der Waals surface area contributed by atoms with Crippen molar-refractivity contribution in [3.63, 3.8) is 0 Å². The van der Waals surface area contributed by atoms with Crippen molar-refractivity contribution in [1.82, 2.24) is 4.31 Å². The van der Waals surface area contributed by atoms with Crippen LogP contribution in [0.15, 0.2) is 52.3 Å². The molecule has 7 nitrogen and oxygen atoms in total. The fourth-order valence-corrected chi connectivity index (χ4v) is 6.15. The van der Waals surface area contributed by atoms with Crippen LogP contribution in [0, 0.1) is 0 Å². The average molecular weight is 479 g/mol. The fraction of sp³-hybridized carbons (Fsp3) is 0.368. The summed E-state index contributed by atoms with van der Waals surface area (Å²) in [5.41, 5.74) is -1.61. The van der Waals surface area contributed by atoms with Crippen molar-refractivity contribution < 1.29 is 34.7 Å². The minimum atomic E-state index is -4.89. The number of nitrogens with zero attached hydrogens (tertiary/aromatic N) is 1. The van der Waals surface area contributed by atoms with Crippen LogP contribution in [0.5, 0.6) is 5.75 Å². The molecule has 1 saturated heterocycles. The van der Waals surface area contributed by atoms with Gasteiger partial charge < -0.3 is 4.74 Å². The number of sulfonamides is 2. The number of anilines is 1. The molecule has 2 aromatic carbocycles. The van der Waals surface area contributed by atoms with Crippen LogP contribution < -0.4 is 9.46 Å². The lowest BCUT2D eigenvalue weighted by molar-refractivity contribution is -0.139. The second kappa shape index (κ2) is 8.67. The van der Waals surface area contributed by atoms with Gasteiger partial charge in [-0.15, -0.1) is 0 Å². The van der Waals surface area contributed by atoms with Crippen molar-refractivity contribution in [3.05, 3.63) is 48.0 Å². The van der Waals surface area contributed by atoms with E-state index in [1.54, 1.807) is 0 Å². The number of nitrogens with one attached hydrogen (secondary N) is 1. The number of hydrogen-bond acceptors (Lipinski definition) is 5. The van der Waals surface area contributed by atoms with E-state index in [-0.39, 0.29) is 16.3 Å². The van der Waals surface area contributed by atoms with Crippen molar-refractivity contribution >= 4 is 25.7 Å². The van der Waals surface area contributed by atoms with Crippen molar-refractivity contribution in [1.29, 1.82) is 0 Å². The highest BCUT2D eigenvalue weighted by molar-refractivity contribution is 7.92. The van der Waals surface area contributed by atoms with Crippen LogP contribution in [-0.4, -0.2) is 41.3 Å². The molecule has 0 aliphatic carbocycles. The Kier molecular flexibility index (Phi) is 6.53. The zero-order valence-electron chi connectivity index (χ0n) is 16.5. The molecule has 12 heteroatoms. The standard InChI is InChI=1S/C19H21F3N2O5S2/c1-29-17-10-9-14(31(27,28)24-11-5-2-6-12-24)13-16(17)23-30(25,26)18-8-4-3-7-15(18)19(20,21)22/h3-4,7-10,13,23H,2,5-6,11-12H2,1H3. The van der Waals surface area contributed by atoms with E-state index in [2.05, 4.69) is 0 Å². The zero-order valence-corrected chi connectivity index (χ0v) is 18.1. The maximum atomic E-state index is 13.3. The van der Waals surface area contributed by atoms with Crippen molar-refractivity contribution in [2.45, 2.75) is 35.2 Å². The lowest BCUT2D eigenvalue weighted by atomic mass is 10.2. The molecule has 0 radical (unpaired) electrons. The van der Waals surface area contributed by atoms with Crippen LogP contribution in [0.1, 0.15) is 24.8 Å². The molecular formula is C19H21F3N2O5S2. The summed E-state index contributed by atoms with van der Waals surface area (Å²) >= 11 is 0. The lowest BCUT2D eigenvalue weighted by Crippen LogP contribution is -2.35. The first-order chi connectivity index (χ1) is 14.5. The highest BCUT2D eigenvalue weighted by Gasteiger charge is 2.37. The van der Waals surface area contributed by atoms with Crippen LogP contribution in [0.3, 0.4) is 0 Å². The Morgan fingerprint density at radius 2 is 1.61 bits per heavy atom. The minimum absolute atomic E-state index is 0.0364. The van der Waals surface area contributed by atoms with E-state index in [1.807, 2.05) is 4.72 Å². The van der Waals surface area contributed by atoms with E-state index in [0.717, 1.165) is 30.7 Å². The predicted molar refractivity (Wildman–Crippen MR) is 108 cm³/mol. The van der Waals surface area contributed by atoms with E-state index >= 15 is 0 Å². The van der Waals surface area contributed by atoms with Crippen LogP contribution in [0.2, 0.25) is 0 Å². The van der Waals surface area contributed by atoms with E-state index in [9.17, 15) is 30.0 Å².